The molecule has 0 radical (unpaired) electrons. The van der Waals surface area contributed by atoms with Gasteiger partial charge in [0.25, 0.3) is 6.43 Å². The van der Waals surface area contributed by atoms with Crippen molar-refractivity contribution in [3.8, 4) is 5.75 Å². The van der Waals surface area contributed by atoms with E-state index >= 15 is 0 Å². The van der Waals surface area contributed by atoms with Gasteiger partial charge >= 0.3 is 6.18 Å². The van der Waals surface area contributed by atoms with Crippen LogP contribution in [-0.4, -0.2) is 52.4 Å². The van der Waals surface area contributed by atoms with Gasteiger partial charge in [0.05, 0.1) is 28.8 Å². The molecule has 1 saturated carbocycles. The summed E-state index contributed by atoms with van der Waals surface area (Å²) in [4.78, 5) is 4.85. The highest BCUT2D eigenvalue weighted by atomic mass is 32.2. The van der Waals surface area contributed by atoms with Gasteiger partial charge in [0.1, 0.15) is 5.75 Å². The first-order valence-corrected chi connectivity index (χ1v) is 12.4. The van der Waals surface area contributed by atoms with Gasteiger partial charge in [-0.2, -0.15) is 13.2 Å². The van der Waals surface area contributed by atoms with Gasteiger partial charge < -0.3 is 9.64 Å². The van der Waals surface area contributed by atoms with Crippen LogP contribution in [0, 0.1) is 0 Å². The van der Waals surface area contributed by atoms with Crippen LogP contribution in [0.25, 0.3) is 10.9 Å². The van der Waals surface area contributed by atoms with Crippen molar-refractivity contribution in [2.45, 2.75) is 36.4 Å². The highest BCUT2D eigenvalue weighted by Crippen LogP contribution is 2.38. The number of piperazine rings is 1. The van der Waals surface area contributed by atoms with Crippen molar-refractivity contribution in [1.29, 1.82) is 0 Å². The Morgan fingerprint density at radius 2 is 1.74 bits per heavy atom. The molecule has 1 unspecified atom stereocenters. The number of benzene rings is 2. The molecule has 1 aromatic heterocycles. The van der Waals surface area contributed by atoms with E-state index < -0.39 is 34.7 Å². The number of alkyl halides is 5. The molecule has 0 bridgehead atoms. The SMILES string of the molecule is COc1ccc(S(=O)n2cc(C(F)F)c3ccc(C(F)(F)F)cc32)cc1N1CCN(C2CC2)CC1. The van der Waals surface area contributed by atoms with Gasteiger partial charge in [-0.15, -0.1) is 0 Å². The Balaban J connectivity index is 1.52. The van der Waals surface area contributed by atoms with Crippen molar-refractivity contribution in [1.82, 2.24) is 8.87 Å². The van der Waals surface area contributed by atoms with E-state index in [1.165, 1.54) is 20.0 Å². The van der Waals surface area contributed by atoms with Gasteiger partial charge in [-0.25, -0.2) is 13.0 Å². The number of anilines is 1. The molecule has 0 spiro atoms. The third-order valence-electron chi connectivity index (χ3n) is 6.61. The maximum absolute atomic E-state index is 13.6. The molecule has 1 aliphatic heterocycles. The second-order valence-corrected chi connectivity index (χ2v) is 10.1. The van der Waals surface area contributed by atoms with Crippen molar-refractivity contribution in [2.24, 2.45) is 0 Å². The number of nitrogens with zero attached hydrogens (tertiary/aromatic N) is 3. The molecule has 0 amide bonds. The summed E-state index contributed by atoms with van der Waals surface area (Å²) in [7, 11) is -0.527. The number of fused-ring (bicyclic) bond motifs is 1. The summed E-state index contributed by atoms with van der Waals surface area (Å²) < 4.78 is 87.2. The van der Waals surface area contributed by atoms with Crippen molar-refractivity contribution in [3.05, 3.63) is 53.7 Å². The van der Waals surface area contributed by atoms with E-state index in [-0.39, 0.29) is 15.8 Å². The van der Waals surface area contributed by atoms with Crippen LogP contribution in [0.5, 0.6) is 5.75 Å². The van der Waals surface area contributed by atoms with Gasteiger partial charge in [0.2, 0.25) is 0 Å². The molecule has 3 aromatic rings. The molecule has 1 saturated heterocycles. The lowest BCUT2D eigenvalue weighted by Crippen LogP contribution is -2.47. The Hall–Kier alpha value is -2.66. The molecule has 0 N–H and O–H groups in total. The van der Waals surface area contributed by atoms with Gasteiger partial charge in [-0.1, -0.05) is 6.07 Å². The molecule has 11 heteroatoms. The predicted octanol–water partition coefficient (Wildman–Crippen LogP) is 5.46. The van der Waals surface area contributed by atoms with Gasteiger partial charge in [-0.05, 0) is 43.2 Å². The third-order valence-corrected chi connectivity index (χ3v) is 7.93. The quantitative estimate of drug-likeness (QED) is 0.411. The van der Waals surface area contributed by atoms with Crippen molar-refractivity contribution < 1.29 is 30.9 Å². The topological polar surface area (TPSA) is 37.7 Å². The normalized spacial score (nSPS) is 18.4. The van der Waals surface area contributed by atoms with Gasteiger partial charge in [0, 0.05) is 49.4 Å². The van der Waals surface area contributed by atoms with Crippen LogP contribution in [0.4, 0.5) is 27.6 Å². The summed E-state index contributed by atoms with van der Waals surface area (Å²) in [6, 6.07) is 8.05. The van der Waals surface area contributed by atoms with E-state index in [9.17, 15) is 26.2 Å². The maximum Gasteiger partial charge on any atom is 0.416 e. The van der Waals surface area contributed by atoms with Crippen molar-refractivity contribution in [2.75, 3.05) is 38.2 Å². The highest BCUT2D eigenvalue weighted by Gasteiger charge is 2.33. The van der Waals surface area contributed by atoms with Crippen LogP contribution >= 0.6 is 0 Å². The summed E-state index contributed by atoms with van der Waals surface area (Å²) in [5.74, 6) is 0.579. The molecule has 188 valence electrons. The van der Waals surface area contributed by atoms with Crippen LogP contribution in [0.3, 0.4) is 0 Å². The van der Waals surface area contributed by atoms with E-state index in [1.54, 1.807) is 18.2 Å². The molecule has 5 rings (SSSR count). The van der Waals surface area contributed by atoms with E-state index in [0.717, 1.165) is 60.2 Å². The van der Waals surface area contributed by atoms with Crippen LogP contribution in [0.2, 0.25) is 0 Å². The second kappa shape index (κ2) is 9.09. The van der Waals surface area contributed by atoms with Gasteiger partial charge in [0.15, 0.2) is 11.0 Å². The first-order valence-electron chi connectivity index (χ1n) is 11.3. The van der Waals surface area contributed by atoms with Crippen LogP contribution < -0.4 is 9.64 Å². The zero-order chi connectivity index (χ0) is 24.9. The summed E-state index contributed by atoms with van der Waals surface area (Å²) >= 11 is 0. The minimum absolute atomic E-state index is 0.0636. The molecule has 2 fully saturated rings. The average molecular weight is 514 g/mol. The predicted molar refractivity (Wildman–Crippen MR) is 124 cm³/mol. The zero-order valence-corrected chi connectivity index (χ0v) is 19.7. The molecule has 35 heavy (non-hydrogen) atoms. The zero-order valence-electron chi connectivity index (χ0n) is 18.9. The van der Waals surface area contributed by atoms with Gasteiger partial charge in [-0.3, -0.25) is 8.87 Å². The van der Waals surface area contributed by atoms with E-state index in [0.29, 0.717) is 11.8 Å². The fraction of sp³-hybridized carbons (Fsp3) is 0.417. The first-order chi connectivity index (χ1) is 16.7. The Morgan fingerprint density at radius 1 is 1.03 bits per heavy atom. The lowest BCUT2D eigenvalue weighted by atomic mass is 10.1. The molecule has 2 aromatic carbocycles. The summed E-state index contributed by atoms with van der Waals surface area (Å²) in [6.07, 6.45) is -4.17. The van der Waals surface area contributed by atoms with E-state index in [4.69, 9.17) is 4.74 Å². The number of aromatic nitrogens is 1. The number of rotatable bonds is 6. The average Bonchev–Trinajstić information content (AvgIpc) is 3.62. The Labute approximate surface area is 201 Å². The lowest BCUT2D eigenvalue weighted by Gasteiger charge is -2.36. The fourth-order valence-electron chi connectivity index (χ4n) is 4.62. The number of hydrogen-bond donors (Lipinski definition) is 0. The summed E-state index contributed by atoms with van der Waals surface area (Å²) in [5.41, 5.74) is -0.905. The molecule has 5 nitrogen and oxygen atoms in total. The Bertz CT molecular complexity index is 1260. The highest BCUT2D eigenvalue weighted by molar-refractivity contribution is 7.83. The third kappa shape index (κ3) is 4.63. The minimum Gasteiger partial charge on any atom is -0.495 e. The number of halogens is 5. The van der Waals surface area contributed by atoms with Crippen molar-refractivity contribution >= 4 is 27.6 Å². The number of ether oxygens (including phenoxy) is 1. The van der Waals surface area contributed by atoms with Crippen LogP contribution in [0.15, 0.2) is 47.5 Å². The Morgan fingerprint density at radius 3 is 2.34 bits per heavy atom. The lowest BCUT2D eigenvalue weighted by molar-refractivity contribution is -0.137. The minimum atomic E-state index is -4.66. The molecule has 2 aliphatic rings. The molecular formula is C24H24F5N3O2S. The van der Waals surface area contributed by atoms with E-state index in [2.05, 4.69) is 9.80 Å². The second-order valence-electron chi connectivity index (χ2n) is 8.78. The van der Waals surface area contributed by atoms with Crippen LogP contribution in [-0.2, 0) is 17.2 Å². The smallest absolute Gasteiger partial charge is 0.416 e. The van der Waals surface area contributed by atoms with E-state index in [1.807, 2.05) is 0 Å². The molecule has 2 heterocycles. The monoisotopic (exact) mass is 513 g/mol. The largest absolute Gasteiger partial charge is 0.495 e. The first kappa shape index (κ1) is 24.1. The standard InChI is InChI=1S/C24H24F5N3O2S/c1-34-22-7-5-17(13-21(22)31-10-8-30(9-11-31)16-3-4-16)35(33)32-14-19(23(25)26)18-6-2-15(12-20(18)32)24(27,28)29/h2,5-7,12-14,16,23H,3-4,8-11H2,1H3. The van der Waals surface area contributed by atoms with Crippen molar-refractivity contribution in [3.63, 3.8) is 0 Å². The van der Waals surface area contributed by atoms with Crippen LogP contribution in [0.1, 0.15) is 30.4 Å². The Kier molecular flexibility index (Phi) is 6.25. The summed E-state index contributed by atoms with van der Waals surface area (Å²) in [5, 5.41) is -0.0636. The summed E-state index contributed by atoms with van der Waals surface area (Å²) in [6.45, 7) is 3.28. The maximum atomic E-state index is 13.6. The number of hydrogen-bond acceptors (Lipinski definition) is 4. The molecule has 1 atom stereocenters. The molecule has 1 aliphatic carbocycles. The number of methoxy groups -OCH3 is 1. The molecular weight excluding hydrogens is 489 g/mol. The fourth-order valence-corrected chi connectivity index (χ4v) is 5.78.